The van der Waals surface area contributed by atoms with Gasteiger partial charge in [-0.25, -0.2) is 9.97 Å². The number of anilines is 2. The lowest BCUT2D eigenvalue weighted by Crippen LogP contribution is -2.15. The molecule has 0 radical (unpaired) electrons. The number of nitrogens with zero attached hydrogens (tertiary/aromatic N) is 2. The fraction of sp³-hybridized carbons (Fsp3) is 0.214. The summed E-state index contributed by atoms with van der Waals surface area (Å²) in [5, 5.41) is 6.36. The highest BCUT2D eigenvalue weighted by Gasteiger charge is 2.11. The Morgan fingerprint density at radius 2 is 2.14 bits per heavy atom. The van der Waals surface area contributed by atoms with E-state index in [1.54, 1.807) is 18.2 Å². The smallest absolute Gasteiger partial charge is 0.275 e. The molecule has 0 saturated carbocycles. The number of aromatic nitrogens is 2. The first-order chi connectivity index (χ1) is 10.1. The van der Waals surface area contributed by atoms with Gasteiger partial charge in [-0.15, -0.1) is 0 Å². The van der Waals surface area contributed by atoms with Crippen LogP contribution in [0.15, 0.2) is 35.1 Å². The van der Waals surface area contributed by atoms with Crippen molar-refractivity contribution >= 4 is 44.9 Å². The van der Waals surface area contributed by atoms with Crippen LogP contribution >= 0.6 is 27.5 Å². The minimum atomic E-state index is -0.340. The first-order valence-electron chi connectivity index (χ1n) is 6.43. The Hall–Kier alpha value is -1.66. The molecule has 0 atom stereocenters. The fourth-order valence-corrected chi connectivity index (χ4v) is 2.11. The molecule has 0 aliphatic rings. The zero-order chi connectivity index (χ0) is 15.2. The van der Waals surface area contributed by atoms with Gasteiger partial charge in [-0.3, -0.25) is 4.79 Å². The number of benzene rings is 1. The molecule has 110 valence electrons. The van der Waals surface area contributed by atoms with Crippen LogP contribution in [0, 0.1) is 0 Å². The molecule has 0 unspecified atom stereocenters. The van der Waals surface area contributed by atoms with E-state index in [4.69, 9.17) is 11.6 Å². The largest absolute Gasteiger partial charge is 0.369 e. The first-order valence-corrected chi connectivity index (χ1v) is 7.60. The molecule has 5 nitrogen and oxygen atoms in total. The predicted molar refractivity (Wildman–Crippen MR) is 87.9 cm³/mol. The van der Waals surface area contributed by atoms with Crippen molar-refractivity contribution in [3.8, 4) is 0 Å². The lowest BCUT2D eigenvalue weighted by molar-refractivity contribution is 0.102. The van der Waals surface area contributed by atoms with E-state index in [2.05, 4.69) is 43.5 Å². The van der Waals surface area contributed by atoms with Crippen LogP contribution in [0.25, 0.3) is 0 Å². The summed E-state index contributed by atoms with van der Waals surface area (Å²) in [6, 6.07) is 5.24. The van der Waals surface area contributed by atoms with Gasteiger partial charge >= 0.3 is 0 Å². The molecule has 2 aromatic rings. The van der Waals surface area contributed by atoms with E-state index in [9.17, 15) is 4.79 Å². The van der Waals surface area contributed by atoms with Crippen LogP contribution in [-0.2, 0) is 0 Å². The number of halogens is 2. The predicted octanol–water partition coefficient (Wildman–Crippen LogP) is 3.97. The van der Waals surface area contributed by atoms with Crippen LogP contribution in [-0.4, -0.2) is 22.4 Å². The molecule has 0 aliphatic heterocycles. The van der Waals surface area contributed by atoms with E-state index in [1.165, 1.54) is 12.4 Å². The molecule has 1 aromatic heterocycles. The van der Waals surface area contributed by atoms with Gasteiger partial charge < -0.3 is 10.6 Å². The van der Waals surface area contributed by atoms with Gasteiger partial charge in [0, 0.05) is 6.54 Å². The molecule has 1 heterocycles. The summed E-state index contributed by atoms with van der Waals surface area (Å²) >= 11 is 9.31. The molecular weight excluding hydrogens is 356 g/mol. The van der Waals surface area contributed by atoms with Crippen LogP contribution in [0.4, 0.5) is 11.5 Å². The van der Waals surface area contributed by atoms with Crippen LogP contribution in [0.2, 0.25) is 5.02 Å². The zero-order valence-corrected chi connectivity index (χ0v) is 13.7. The lowest BCUT2D eigenvalue weighted by atomic mass is 10.3. The van der Waals surface area contributed by atoms with Gasteiger partial charge in [0.1, 0.15) is 11.5 Å². The molecule has 1 aromatic carbocycles. The summed E-state index contributed by atoms with van der Waals surface area (Å²) in [7, 11) is 0. The molecule has 0 saturated heterocycles. The molecule has 21 heavy (non-hydrogen) atoms. The molecule has 7 heteroatoms. The van der Waals surface area contributed by atoms with Crippen molar-refractivity contribution < 1.29 is 4.79 Å². The minimum Gasteiger partial charge on any atom is -0.369 e. The Morgan fingerprint density at radius 1 is 1.33 bits per heavy atom. The van der Waals surface area contributed by atoms with Gasteiger partial charge in [-0.1, -0.05) is 24.6 Å². The average Bonchev–Trinajstić information content (AvgIpc) is 2.50. The van der Waals surface area contributed by atoms with Crippen LogP contribution < -0.4 is 10.6 Å². The van der Waals surface area contributed by atoms with Crippen molar-refractivity contribution in [2.24, 2.45) is 0 Å². The summed E-state index contributed by atoms with van der Waals surface area (Å²) in [4.78, 5) is 20.3. The number of amides is 1. The van der Waals surface area contributed by atoms with Gasteiger partial charge in [-0.2, -0.15) is 0 Å². The molecule has 0 aliphatic carbocycles. The molecule has 2 N–H and O–H groups in total. The third-order valence-corrected chi connectivity index (χ3v) is 4.04. The number of carbonyl (C=O) groups excluding carboxylic acids is 1. The zero-order valence-electron chi connectivity index (χ0n) is 11.4. The number of nitrogens with one attached hydrogen (secondary N) is 2. The third-order valence-electron chi connectivity index (χ3n) is 2.64. The number of carbonyl (C=O) groups is 1. The SMILES string of the molecule is CCCNc1cnc(C(=O)Nc2cccc(Cl)c2Br)cn1. The maximum Gasteiger partial charge on any atom is 0.275 e. The molecular formula is C14H14BrClN4O. The van der Waals surface area contributed by atoms with E-state index in [1.807, 2.05) is 0 Å². The normalized spacial score (nSPS) is 10.2. The van der Waals surface area contributed by atoms with Crippen LogP contribution in [0.3, 0.4) is 0 Å². The standard InChI is InChI=1S/C14H14BrClN4O/c1-2-6-17-12-8-18-11(7-19-12)14(21)20-10-5-3-4-9(16)13(10)15/h3-5,7-8H,2,6H2,1H3,(H,17,19)(H,20,21). The van der Waals surface area contributed by atoms with Crippen LogP contribution in [0.1, 0.15) is 23.8 Å². The Morgan fingerprint density at radius 3 is 2.81 bits per heavy atom. The molecule has 2 rings (SSSR count). The highest BCUT2D eigenvalue weighted by molar-refractivity contribution is 9.10. The molecule has 0 bridgehead atoms. The summed E-state index contributed by atoms with van der Waals surface area (Å²) in [5.74, 6) is 0.310. The van der Waals surface area contributed by atoms with Gasteiger partial charge in [0.05, 0.1) is 27.6 Å². The van der Waals surface area contributed by atoms with Crippen molar-refractivity contribution in [2.75, 3.05) is 17.2 Å². The average molecular weight is 370 g/mol. The maximum absolute atomic E-state index is 12.1. The van der Waals surface area contributed by atoms with Gasteiger partial charge in [0.15, 0.2) is 0 Å². The van der Waals surface area contributed by atoms with E-state index in [0.717, 1.165) is 13.0 Å². The van der Waals surface area contributed by atoms with E-state index in [-0.39, 0.29) is 11.6 Å². The van der Waals surface area contributed by atoms with Crippen molar-refractivity contribution in [1.82, 2.24) is 9.97 Å². The summed E-state index contributed by atoms with van der Waals surface area (Å²) < 4.78 is 0.634. The summed E-state index contributed by atoms with van der Waals surface area (Å²) in [6.07, 6.45) is 3.97. The molecule has 0 fully saturated rings. The highest BCUT2D eigenvalue weighted by atomic mass is 79.9. The third kappa shape index (κ3) is 4.15. The Kier molecular flexibility index (Phi) is 5.52. The lowest BCUT2D eigenvalue weighted by Gasteiger charge is -2.08. The second-order valence-electron chi connectivity index (χ2n) is 4.27. The van der Waals surface area contributed by atoms with Crippen molar-refractivity contribution in [2.45, 2.75) is 13.3 Å². The van der Waals surface area contributed by atoms with Gasteiger partial charge in [0.2, 0.25) is 0 Å². The maximum atomic E-state index is 12.1. The van der Waals surface area contributed by atoms with Crippen molar-refractivity contribution in [1.29, 1.82) is 0 Å². The van der Waals surface area contributed by atoms with E-state index in [0.29, 0.717) is 21.0 Å². The summed E-state index contributed by atoms with van der Waals surface area (Å²) in [6.45, 7) is 2.88. The minimum absolute atomic E-state index is 0.240. The Labute approximate surface area is 136 Å². The second kappa shape index (κ2) is 7.38. The quantitative estimate of drug-likeness (QED) is 0.837. The Bertz CT molecular complexity index is 633. The highest BCUT2D eigenvalue weighted by Crippen LogP contribution is 2.30. The Balaban J connectivity index is 2.08. The topological polar surface area (TPSA) is 66.9 Å². The monoisotopic (exact) mass is 368 g/mol. The van der Waals surface area contributed by atoms with Crippen molar-refractivity contribution in [3.05, 3.63) is 45.8 Å². The second-order valence-corrected chi connectivity index (χ2v) is 5.47. The van der Waals surface area contributed by atoms with E-state index < -0.39 is 0 Å². The summed E-state index contributed by atoms with van der Waals surface area (Å²) in [5.41, 5.74) is 0.825. The molecule has 0 spiro atoms. The van der Waals surface area contributed by atoms with Crippen molar-refractivity contribution in [3.63, 3.8) is 0 Å². The van der Waals surface area contributed by atoms with Gasteiger partial charge in [0.25, 0.3) is 5.91 Å². The first kappa shape index (κ1) is 15.7. The van der Waals surface area contributed by atoms with Gasteiger partial charge in [-0.05, 0) is 34.5 Å². The van der Waals surface area contributed by atoms with E-state index >= 15 is 0 Å². The number of hydrogen-bond acceptors (Lipinski definition) is 4. The number of hydrogen-bond donors (Lipinski definition) is 2. The number of rotatable bonds is 5. The van der Waals surface area contributed by atoms with Crippen LogP contribution in [0.5, 0.6) is 0 Å². The fourth-order valence-electron chi connectivity index (χ4n) is 1.58. The molecule has 1 amide bonds.